The van der Waals surface area contributed by atoms with E-state index in [1.54, 1.807) is 12.3 Å². The summed E-state index contributed by atoms with van der Waals surface area (Å²) in [5.41, 5.74) is 5.89. The highest BCUT2D eigenvalue weighted by molar-refractivity contribution is 8.02. The molecule has 2 rings (SSSR count). The lowest BCUT2D eigenvalue weighted by Gasteiger charge is -2.22. The van der Waals surface area contributed by atoms with Crippen molar-refractivity contribution < 1.29 is 24.3 Å². The second kappa shape index (κ2) is 8.58. The third-order valence-electron chi connectivity index (χ3n) is 3.13. The van der Waals surface area contributed by atoms with Crippen molar-refractivity contribution in [1.29, 1.82) is 0 Å². The molecule has 0 radical (unpaired) electrons. The molecule has 0 aromatic carbocycles. The van der Waals surface area contributed by atoms with Gasteiger partial charge in [-0.15, -0.1) is 23.1 Å². The van der Waals surface area contributed by atoms with Crippen molar-refractivity contribution in [2.75, 3.05) is 12.8 Å². The van der Waals surface area contributed by atoms with Gasteiger partial charge in [0, 0.05) is 5.38 Å². The molecule has 0 fully saturated rings. The number of amides is 1. The predicted octanol–water partition coefficient (Wildman–Crippen LogP) is 0.262. The van der Waals surface area contributed by atoms with E-state index in [2.05, 4.69) is 25.3 Å². The van der Waals surface area contributed by atoms with E-state index < -0.39 is 23.3 Å². The zero-order chi connectivity index (χ0) is 19.3. The van der Waals surface area contributed by atoms with Crippen molar-refractivity contribution in [3.63, 3.8) is 0 Å². The maximum absolute atomic E-state index is 12.5. The maximum atomic E-state index is 12.5. The lowest BCUT2D eigenvalue weighted by Crippen LogP contribution is -2.46. The third-order valence-corrected chi connectivity index (χ3v) is 4.97. The van der Waals surface area contributed by atoms with Crippen molar-refractivity contribution in [2.24, 2.45) is 10.1 Å². The van der Waals surface area contributed by atoms with E-state index in [0.29, 0.717) is 11.9 Å². The molecule has 12 heteroatoms. The van der Waals surface area contributed by atoms with Crippen LogP contribution in [0.4, 0.5) is 5.13 Å². The number of carboxylic acid groups (broad SMARTS) is 1. The SMILES string of the molecule is CO/N=C(\C(=O)N[C@H](C=O)[C@@H]1N=C(C(=O)O)C(C)=CS1)c1csc(N)n1. The molecule has 0 aliphatic carbocycles. The molecule has 1 amide bonds. The minimum atomic E-state index is -1.21. The van der Waals surface area contributed by atoms with Crippen LogP contribution in [0.3, 0.4) is 0 Å². The first kappa shape index (κ1) is 19.6. The number of nitrogens with one attached hydrogen (secondary N) is 1. The number of thioether (sulfide) groups is 1. The van der Waals surface area contributed by atoms with E-state index in [9.17, 15) is 14.4 Å². The summed E-state index contributed by atoms with van der Waals surface area (Å²) in [6.07, 6.45) is 0.479. The number of anilines is 1. The molecule has 26 heavy (non-hydrogen) atoms. The molecule has 0 saturated heterocycles. The molecular formula is C14H15N5O5S2. The van der Waals surface area contributed by atoms with Crippen molar-refractivity contribution in [3.8, 4) is 0 Å². The van der Waals surface area contributed by atoms with E-state index >= 15 is 0 Å². The van der Waals surface area contributed by atoms with Crippen LogP contribution in [0.25, 0.3) is 0 Å². The van der Waals surface area contributed by atoms with Gasteiger partial charge in [-0.1, -0.05) is 5.16 Å². The van der Waals surface area contributed by atoms with Crippen molar-refractivity contribution in [3.05, 3.63) is 22.1 Å². The highest BCUT2D eigenvalue weighted by atomic mass is 32.2. The highest BCUT2D eigenvalue weighted by Crippen LogP contribution is 2.25. The number of aliphatic carboxylic acids is 1. The number of oxime groups is 1. The van der Waals surface area contributed by atoms with Crippen LogP contribution in [-0.4, -0.2) is 58.2 Å². The number of nitrogens with zero attached hydrogens (tertiary/aromatic N) is 3. The Hall–Kier alpha value is -2.73. The van der Waals surface area contributed by atoms with Crippen molar-refractivity contribution >= 4 is 57.8 Å². The average Bonchev–Trinajstić information content (AvgIpc) is 3.03. The number of nitrogens with two attached hydrogens (primary N) is 1. The van der Waals surface area contributed by atoms with Crippen LogP contribution in [0, 0.1) is 0 Å². The second-order valence-corrected chi connectivity index (χ2v) is 6.82. The van der Waals surface area contributed by atoms with Gasteiger partial charge in [0.2, 0.25) is 0 Å². The van der Waals surface area contributed by atoms with Crippen LogP contribution in [0.15, 0.2) is 26.5 Å². The lowest BCUT2D eigenvalue weighted by atomic mass is 10.2. The van der Waals surface area contributed by atoms with Gasteiger partial charge < -0.3 is 25.8 Å². The van der Waals surface area contributed by atoms with Crippen LogP contribution in [0.5, 0.6) is 0 Å². The van der Waals surface area contributed by atoms with Crippen LogP contribution >= 0.6 is 23.1 Å². The molecule has 1 aromatic rings. The summed E-state index contributed by atoms with van der Waals surface area (Å²) in [4.78, 5) is 47.8. The summed E-state index contributed by atoms with van der Waals surface area (Å²) in [5.74, 6) is -1.94. The predicted molar refractivity (Wildman–Crippen MR) is 98.3 cm³/mol. The van der Waals surface area contributed by atoms with Gasteiger partial charge in [0.1, 0.15) is 36.2 Å². The molecule has 1 aromatic heterocycles. The fourth-order valence-corrected chi connectivity index (χ4v) is 3.43. The quantitative estimate of drug-likeness (QED) is 0.336. The average molecular weight is 397 g/mol. The number of carbonyl (C=O) groups is 3. The fourth-order valence-electron chi connectivity index (χ4n) is 1.96. The molecule has 10 nitrogen and oxygen atoms in total. The summed E-state index contributed by atoms with van der Waals surface area (Å²) in [7, 11) is 1.26. The molecule has 1 aliphatic heterocycles. The Kier molecular flexibility index (Phi) is 6.46. The normalized spacial score (nSPS) is 18.4. The van der Waals surface area contributed by atoms with Crippen molar-refractivity contribution in [2.45, 2.75) is 18.3 Å². The first-order chi connectivity index (χ1) is 12.4. The molecule has 0 unspecified atom stereocenters. The van der Waals surface area contributed by atoms with Gasteiger partial charge in [-0.3, -0.25) is 9.79 Å². The molecular weight excluding hydrogens is 382 g/mol. The standard InChI is InChI=1S/C14H15N5O5S2/c1-6-4-25-12(18-9(6)13(22)23)7(3-20)16-11(21)10(19-24-2)8-5-26-14(15)17-8/h3-5,7,12H,1-2H3,(H2,15,17)(H,16,21)(H,22,23)/b19-10-/t7-,12-/m1/s1. The number of aliphatic imine (C=N–C) groups is 1. The number of nitrogen functional groups attached to an aromatic ring is 1. The van der Waals surface area contributed by atoms with Crippen LogP contribution < -0.4 is 11.1 Å². The largest absolute Gasteiger partial charge is 0.477 e. The van der Waals surface area contributed by atoms with Crippen LogP contribution in [0.1, 0.15) is 12.6 Å². The van der Waals surface area contributed by atoms with Crippen LogP contribution in [-0.2, 0) is 19.2 Å². The van der Waals surface area contributed by atoms with E-state index in [0.717, 1.165) is 23.1 Å². The third kappa shape index (κ3) is 4.46. The Morgan fingerprint density at radius 2 is 2.27 bits per heavy atom. The molecule has 0 saturated carbocycles. The summed E-state index contributed by atoms with van der Waals surface area (Å²) < 4.78 is 0. The zero-order valence-corrected chi connectivity index (χ0v) is 15.3. The Balaban J connectivity index is 2.21. The minimum Gasteiger partial charge on any atom is -0.477 e. The number of aldehydes is 1. The number of hydrogen-bond acceptors (Lipinski definition) is 10. The Labute approximate surface area is 156 Å². The first-order valence-electron chi connectivity index (χ1n) is 7.09. The number of carbonyl (C=O) groups excluding carboxylic acids is 2. The van der Waals surface area contributed by atoms with E-state index in [-0.39, 0.29) is 22.2 Å². The number of hydrogen-bond donors (Lipinski definition) is 3. The summed E-state index contributed by atoms with van der Waals surface area (Å²) in [6.45, 7) is 1.60. The highest BCUT2D eigenvalue weighted by Gasteiger charge is 2.30. The van der Waals surface area contributed by atoms with E-state index in [1.807, 2.05) is 0 Å². The molecule has 138 valence electrons. The van der Waals surface area contributed by atoms with Gasteiger partial charge in [0.05, 0.1) is 0 Å². The van der Waals surface area contributed by atoms with Gasteiger partial charge in [-0.25, -0.2) is 9.78 Å². The van der Waals surface area contributed by atoms with Crippen LogP contribution in [0.2, 0.25) is 0 Å². The summed E-state index contributed by atoms with van der Waals surface area (Å²) >= 11 is 2.24. The maximum Gasteiger partial charge on any atom is 0.354 e. The number of aromatic nitrogens is 1. The molecule has 0 spiro atoms. The summed E-state index contributed by atoms with van der Waals surface area (Å²) in [5, 5.41) is 17.8. The number of rotatable bonds is 7. The number of carboxylic acids is 1. The lowest BCUT2D eigenvalue weighted by molar-refractivity contribution is -0.129. The van der Waals surface area contributed by atoms with Gasteiger partial charge in [-0.2, -0.15) is 0 Å². The Bertz CT molecular complexity index is 816. The van der Waals surface area contributed by atoms with Crippen molar-refractivity contribution in [1.82, 2.24) is 10.3 Å². The minimum absolute atomic E-state index is 0.159. The first-order valence-corrected chi connectivity index (χ1v) is 8.92. The number of thiazole rings is 1. The monoisotopic (exact) mass is 397 g/mol. The smallest absolute Gasteiger partial charge is 0.354 e. The Morgan fingerprint density at radius 1 is 1.54 bits per heavy atom. The van der Waals surface area contributed by atoms with E-state index in [1.165, 1.54) is 12.5 Å². The molecule has 2 heterocycles. The fraction of sp³-hybridized carbons (Fsp3) is 0.286. The zero-order valence-electron chi connectivity index (χ0n) is 13.7. The van der Waals surface area contributed by atoms with E-state index in [4.69, 9.17) is 10.8 Å². The molecule has 4 N–H and O–H groups in total. The molecule has 0 bridgehead atoms. The van der Waals surface area contributed by atoms with Gasteiger partial charge in [-0.05, 0) is 17.9 Å². The van der Waals surface area contributed by atoms with Gasteiger partial charge in [0.15, 0.2) is 10.8 Å². The van der Waals surface area contributed by atoms with Gasteiger partial charge >= 0.3 is 5.97 Å². The second-order valence-electron chi connectivity index (χ2n) is 4.94. The summed E-state index contributed by atoms with van der Waals surface area (Å²) in [6, 6.07) is -1.08. The Morgan fingerprint density at radius 3 is 2.81 bits per heavy atom. The molecule has 1 aliphatic rings. The topological polar surface area (TPSA) is 156 Å². The molecule has 2 atom stereocenters. The van der Waals surface area contributed by atoms with Gasteiger partial charge in [0.25, 0.3) is 5.91 Å².